The number of fused-ring (bicyclic) bond motifs is 1. The summed E-state index contributed by atoms with van der Waals surface area (Å²) in [6.45, 7) is 2.74. The average Bonchev–Trinajstić information content (AvgIpc) is 3.58. The van der Waals surface area contributed by atoms with E-state index in [-0.39, 0.29) is 23.2 Å². The first kappa shape index (κ1) is 23.5. The molecule has 0 aliphatic carbocycles. The van der Waals surface area contributed by atoms with Gasteiger partial charge in [0.2, 0.25) is 5.91 Å². The lowest BCUT2D eigenvalue weighted by molar-refractivity contribution is -0.123. The molecule has 3 aromatic heterocycles. The number of aryl methyl sites for hydroxylation is 1. The Morgan fingerprint density at radius 1 is 1.26 bits per heavy atom. The summed E-state index contributed by atoms with van der Waals surface area (Å²) in [5.74, 6) is -0.00346. The van der Waals surface area contributed by atoms with Crippen LogP contribution in [0.25, 0.3) is 10.2 Å². The maximum atomic E-state index is 13.8. The first-order valence-corrected chi connectivity index (χ1v) is 14.2. The lowest BCUT2D eigenvalue weighted by Crippen LogP contribution is -2.46. The van der Waals surface area contributed by atoms with Crippen LogP contribution in [0, 0.1) is 12.8 Å². The summed E-state index contributed by atoms with van der Waals surface area (Å²) in [7, 11) is -3.71. The Bertz CT molecular complexity index is 1430. The Hall–Kier alpha value is -2.24. The molecule has 1 aromatic carbocycles. The molecule has 4 heterocycles. The highest BCUT2D eigenvalue weighted by atomic mass is 35.5. The SMILES string of the molecule is Cc1ccc2nc(N(Cc3ccco3)C(=O)C3CCCN(S(=O)(=O)c4ccc(Cl)s4)C3)sc2c1. The summed E-state index contributed by atoms with van der Waals surface area (Å²) < 4.78 is 34.8. The molecule has 7 nitrogen and oxygen atoms in total. The van der Waals surface area contributed by atoms with Gasteiger partial charge in [0.05, 0.1) is 33.3 Å². The predicted molar refractivity (Wildman–Crippen MR) is 135 cm³/mol. The molecule has 1 saturated heterocycles. The number of thiazole rings is 1. The number of amides is 1. The molecule has 1 atom stereocenters. The molecule has 1 unspecified atom stereocenters. The van der Waals surface area contributed by atoms with E-state index in [0.29, 0.717) is 34.6 Å². The number of hydrogen-bond acceptors (Lipinski definition) is 7. The second-order valence-corrected chi connectivity index (χ2v) is 13.1. The lowest BCUT2D eigenvalue weighted by atomic mass is 9.98. The fourth-order valence-corrected chi connectivity index (χ4v) is 8.31. The van der Waals surface area contributed by atoms with Crippen LogP contribution in [0.2, 0.25) is 4.34 Å². The van der Waals surface area contributed by atoms with Crippen LogP contribution < -0.4 is 4.90 Å². The summed E-state index contributed by atoms with van der Waals surface area (Å²) in [4.78, 5) is 20.1. The van der Waals surface area contributed by atoms with Gasteiger partial charge in [0.15, 0.2) is 5.13 Å². The summed E-state index contributed by atoms with van der Waals surface area (Å²) >= 11 is 8.44. The zero-order chi connectivity index (χ0) is 23.9. The number of anilines is 1. The van der Waals surface area contributed by atoms with E-state index in [1.807, 2.05) is 31.2 Å². The fourth-order valence-electron chi connectivity index (χ4n) is 4.08. The average molecular weight is 536 g/mol. The highest BCUT2D eigenvalue weighted by Gasteiger charge is 2.37. The molecular weight excluding hydrogens is 514 g/mol. The smallest absolute Gasteiger partial charge is 0.252 e. The van der Waals surface area contributed by atoms with E-state index in [0.717, 1.165) is 27.1 Å². The van der Waals surface area contributed by atoms with Crippen LogP contribution in [0.5, 0.6) is 0 Å². The standard InChI is InChI=1S/C23H22ClN3O4S3/c1-15-6-7-18-19(12-15)32-23(25-18)27(14-17-5-3-11-31-17)22(28)16-4-2-10-26(13-16)34(29,30)21-9-8-20(24)33-21/h3,5-9,11-12,16H,2,4,10,13-14H2,1H3. The van der Waals surface area contributed by atoms with E-state index in [9.17, 15) is 13.2 Å². The van der Waals surface area contributed by atoms with Gasteiger partial charge in [-0.15, -0.1) is 11.3 Å². The Balaban J connectivity index is 1.44. The number of rotatable bonds is 6. The van der Waals surface area contributed by atoms with Crippen LogP contribution >= 0.6 is 34.3 Å². The fraction of sp³-hybridized carbons (Fsp3) is 0.304. The number of furan rings is 1. The number of nitrogens with zero attached hydrogens (tertiary/aromatic N) is 3. The van der Waals surface area contributed by atoms with Crippen molar-refractivity contribution in [3.05, 3.63) is 64.4 Å². The van der Waals surface area contributed by atoms with Gasteiger partial charge in [0.1, 0.15) is 9.97 Å². The highest BCUT2D eigenvalue weighted by molar-refractivity contribution is 7.91. The van der Waals surface area contributed by atoms with Crippen molar-refractivity contribution in [1.82, 2.24) is 9.29 Å². The van der Waals surface area contributed by atoms with Crippen molar-refractivity contribution in [3.63, 3.8) is 0 Å². The lowest BCUT2D eigenvalue weighted by Gasteiger charge is -2.33. The van der Waals surface area contributed by atoms with E-state index in [1.165, 1.54) is 21.7 Å². The van der Waals surface area contributed by atoms with Gasteiger partial charge in [-0.3, -0.25) is 9.69 Å². The Morgan fingerprint density at radius 2 is 2.12 bits per heavy atom. The molecule has 0 saturated carbocycles. The molecule has 0 radical (unpaired) electrons. The largest absolute Gasteiger partial charge is 0.467 e. The van der Waals surface area contributed by atoms with Gasteiger partial charge in [-0.25, -0.2) is 13.4 Å². The van der Waals surface area contributed by atoms with Gasteiger partial charge in [-0.05, 0) is 61.7 Å². The molecule has 1 aliphatic heterocycles. The molecule has 4 aromatic rings. The number of carbonyl (C=O) groups is 1. The van der Waals surface area contributed by atoms with Crippen molar-refractivity contribution in [2.24, 2.45) is 5.92 Å². The maximum absolute atomic E-state index is 13.8. The van der Waals surface area contributed by atoms with Crippen LogP contribution in [-0.4, -0.2) is 36.7 Å². The number of thiophene rings is 1. The second-order valence-electron chi connectivity index (χ2n) is 8.23. The van der Waals surface area contributed by atoms with Crippen LogP contribution in [0.4, 0.5) is 5.13 Å². The molecule has 0 spiro atoms. The van der Waals surface area contributed by atoms with E-state index in [2.05, 4.69) is 0 Å². The van der Waals surface area contributed by atoms with Gasteiger partial charge in [-0.1, -0.05) is 29.0 Å². The normalized spacial score (nSPS) is 17.3. The minimum atomic E-state index is -3.71. The van der Waals surface area contributed by atoms with E-state index in [4.69, 9.17) is 21.0 Å². The van der Waals surface area contributed by atoms with Gasteiger partial charge < -0.3 is 4.42 Å². The monoisotopic (exact) mass is 535 g/mol. The topological polar surface area (TPSA) is 83.7 Å². The minimum absolute atomic E-state index is 0.120. The van der Waals surface area contributed by atoms with Gasteiger partial charge in [0, 0.05) is 13.1 Å². The molecule has 0 bridgehead atoms. The second kappa shape index (κ2) is 9.43. The molecule has 1 fully saturated rings. The number of sulfonamides is 1. The third kappa shape index (κ3) is 4.65. The zero-order valence-corrected chi connectivity index (χ0v) is 21.5. The quantitative estimate of drug-likeness (QED) is 0.323. The van der Waals surface area contributed by atoms with Crippen LogP contribution in [-0.2, 0) is 21.4 Å². The number of piperidine rings is 1. The van der Waals surface area contributed by atoms with Gasteiger partial charge in [-0.2, -0.15) is 4.31 Å². The van der Waals surface area contributed by atoms with Gasteiger partial charge in [0.25, 0.3) is 10.0 Å². The first-order valence-electron chi connectivity index (χ1n) is 10.8. The first-order chi connectivity index (χ1) is 16.3. The minimum Gasteiger partial charge on any atom is -0.467 e. The van der Waals surface area contributed by atoms with Crippen molar-refractivity contribution in [2.45, 2.75) is 30.5 Å². The Kier molecular flexibility index (Phi) is 6.51. The summed E-state index contributed by atoms with van der Waals surface area (Å²) in [5, 5.41) is 0.576. The number of hydrogen-bond donors (Lipinski definition) is 0. The van der Waals surface area contributed by atoms with Crippen molar-refractivity contribution in [1.29, 1.82) is 0 Å². The van der Waals surface area contributed by atoms with Crippen LogP contribution in [0.15, 0.2) is 57.4 Å². The Labute approximate surface area is 210 Å². The highest BCUT2D eigenvalue weighted by Crippen LogP contribution is 2.34. The molecule has 178 valence electrons. The number of benzene rings is 1. The molecule has 5 rings (SSSR count). The van der Waals surface area contributed by atoms with E-state index >= 15 is 0 Å². The van der Waals surface area contributed by atoms with Crippen molar-refractivity contribution < 1.29 is 17.6 Å². The molecule has 34 heavy (non-hydrogen) atoms. The van der Waals surface area contributed by atoms with Crippen molar-refractivity contribution in [2.75, 3.05) is 18.0 Å². The third-order valence-electron chi connectivity index (χ3n) is 5.80. The molecule has 1 amide bonds. The number of aromatic nitrogens is 1. The van der Waals surface area contributed by atoms with E-state index in [1.54, 1.807) is 23.3 Å². The number of carbonyl (C=O) groups excluding carboxylic acids is 1. The van der Waals surface area contributed by atoms with Crippen LogP contribution in [0.1, 0.15) is 24.2 Å². The summed E-state index contributed by atoms with van der Waals surface area (Å²) in [6.07, 6.45) is 2.78. The predicted octanol–water partition coefficient (Wildman–Crippen LogP) is 5.55. The van der Waals surface area contributed by atoms with E-state index < -0.39 is 15.9 Å². The maximum Gasteiger partial charge on any atom is 0.252 e. The molecule has 11 heteroatoms. The summed E-state index contributed by atoms with van der Waals surface area (Å²) in [6, 6.07) is 12.7. The van der Waals surface area contributed by atoms with Crippen molar-refractivity contribution in [3.8, 4) is 0 Å². The number of halogens is 1. The molecular formula is C23H22ClN3O4S3. The third-order valence-corrected chi connectivity index (χ3v) is 10.4. The van der Waals surface area contributed by atoms with Crippen LogP contribution in [0.3, 0.4) is 0 Å². The summed E-state index contributed by atoms with van der Waals surface area (Å²) in [5.41, 5.74) is 1.94. The molecule has 0 N–H and O–H groups in total. The zero-order valence-electron chi connectivity index (χ0n) is 18.3. The van der Waals surface area contributed by atoms with Gasteiger partial charge >= 0.3 is 0 Å². The molecule has 1 aliphatic rings. The Morgan fingerprint density at radius 3 is 2.85 bits per heavy atom. The van der Waals surface area contributed by atoms with Crippen molar-refractivity contribution >= 4 is 65.6 Å².